The van der Waals surface area contributed by atoms with Crippen molar-refractivity contribution in [2.45, 2.75) is 18.9 Å². The zero-order valence-corrected chi connectivity index (χ0v) is 13.7. The molecule has 2 aromatic rings. The molecular formula is C17H19N5O3. The first-order chi connectivity index (χ1) is 12.1. The zero-order valence-electron chi connectivity index (χ0n) is 13.7. The van der Waals surface area contributed by atoms with E-state index >= 15 is 0 Å². The third-order valence-electron chi connectivity index (χ3n) is 4.78. The Hall–Kier alpha value is -2.74. The van der Waals surface area contributed by atoms with E-state index < -0.39 is 11.9 Å². The van der Waals surface area contributed by atoms with Crippen LogP contribution in [0.5, 0.6) is 0 Å². The molecule has 2 aliphatic heterocycles. The highest BCUT2D eigenvalue weighted by Crippen LogP contribution is 2.25. The number of piperidine rings is 1. The minimum absolute atomic E-state index is 0.210. The highest BCUT2D eigenvalue weighted by atomic mass is 16.2. The molecule has 0 aliphatic carbocycles. The number of nitrogens with one attached hydrogen (secondary N) is 2. The Morgan fingerprint density at radius 2 is 1.92 bits per heavy atom. The summed E-state index contributed by atoms with van der Waals surface area (Å²) < 4.78 is 1.22. The van der Waals surface area contributed by atoms with Crippen molar-refractivity contribution in [2.24, 2.45) is 0 Å². The number of hydrogen-bond donors (Lipinski definition) is 2. The molecule has 1 atom stereocenters. The van der Waals surface area contributed by atoms with Crippen molar-refractivity contribution in [1.82, 2.24) is 20.4 Å². The molecule has 0 spiro atoms. The van der Waals surface area contributed by atoms with Crippen LogP contribution in [-0.2, 0) is 9.59 Å². The summed E-state index contributed by atoms with van der Waals surface area (Å²) in [6.07, 6.45) is 2.12. The number of amides is 2. The zero-order chi connectivity index (χ0) is 17.4. The smallest absolute Gasteiger partial charge is 0.277 e. The van der Waals surface area contributed by atoms with Gasteiger partial charge in [0.25, 0.3) is 11.5 Å². The van der Waals surface area contributed by atoms with Crippen molar-refractivity contribution in [3.05, 3.63) is 34.7 Å². The van der Waals surface area contributed by atoms with Crippen LogP contribution in [0.2, 0.25) is 0 Å². The van der Waals surface area contributed by atoms with Crippen LogP contribution < -0.4 is 21.1 Å². The van der Waals surface area contributed by atoms with Crippen molar-refractivity contribution < 1.29 is 9.59 Å². The molecule has 2 fully saturated rings. The maximum atomic E-state index is 13.1. The van der Waals surface area contributed by atoms with Gasteiger partial charge in [-0.15, -0.1) is 0 Å². The molecule has 0 bridgehead atoms. The number of carbonyl (C=O) groups is 2. The quantitative estimate of drug-likeness (QED) is 0.734. The number of anilines is 1. The number of fused-ring (bicyclic) bond motifs is 1. The topological polar surface area (TPSA) is 96.3 Å². The maximum Gasteiger partial charge on any atom is 0.277 e. The fourth-order valence-electron chi connectivity index (χ4n) is 3.50. The first-order valence-corrected chi connectivity index (χ1v) is 8.45. The maximum absolute atomic E-state index is 13.1. The number of rotatable bonds is 2. The standard InChI is InChI=1S/C17H19N5O3/c23-14-5-4-13(16(24)20-14)22-17(25)15-11(10-19-22)2-1-3-12(15)21-8-6-18-7-9-21/h1-3,10,13,18H,4-9H2,(H,20,23,24). The van der Waals surface area contributed by atoms with E-state index in [1.165, 1.54) is 4.68 Å². The Morgan fingerprint density at radius 3 is 2.68 bits per heavy atom. The van der Waals surface area contributed by atoms with Gasteiger partial charge in [-0.2, -0.15) is 5.10 Å². The molecule has 0 radical (unpaired) electrons. The molecule has 2 N–H and O–H groups in total. The molecular weight excluding hydrogens is 322 g/mol. The number of imide groups is 1. The van der Waals surface area contributed by atoms with E-state index in [0.717, 1.165) is 37.3 Å². The second kappa shape index (κ2) is 6.29. The highest BCUT2D eigenvalue weighted by Gasteiger charge is 2.30. The van der Waals surface area contributed by atoms with E-state index in [9.17, 15) is 14.4 Å². The lowest BCUT2D eigenvalue weighted by atomic mass is 10.1. The van der Waals surface area contributed by atoms with Crippen LogP contribution >= 0.6 is 0 Å². The van der Waals surface area contributed by atoms with Gasteiger partial charge in [-0.25, -0.2) is 4.68 Å². The van der Waals surface area contributed by atoms with Gasteiger partial charge in [0.1, 0.15) is 6.04 Å². The average molecular weight is 341 g/mol. The molecule has 2 saturated heterocycles. The number of nitrogens with zero attached hydrogens (tertiary/aromatic N) is 3. The first kappa shape index (κ1) is 15.8. The SMILES string of the molecule is O=C1CCC(n2ncc3cccc(N4CCNCC4)c3c2=O)C(=O)N1. The summed E-state index contributed by atoms with van der Waals surface area (Å²) in [7, 11) is 0. The predicted molar refractivity (Wildman–Crippen MR) is 92.5 cm³/mol. The summed E-state index contributed by atoms with van der Waals surface area (Å²) in [4.78, 5) is 38.8. The van der Waals surface area contributed by atoms with Gasteiger partial charge in [0.15, 0.2) is 0 Å². The Bertz CT molecular complexity index is 901. The Labute approximate surface area is 143 Å². The van der Waals surface area contributed by atoms with Gasteiger partial charge in [0, 0.05) is 38.0 Å². The fourth-order valence-corrected chi connectivity index (χ4v) is 3.50. The van der Waals surface area contributed by atoms with Gasteiger partial charge in [0.2, 0.25) is 5.91 Å². The number of aromatic nitrogens is 2. The molecule has 1 aromatic heterocycles. The van der Waals surface area contributed by atoms with Gasteiger partial charge in [-0.05, 0) is 12.5 Å². The molecule has 1 aromatic carbocycles. The van der Waals surface area contributed by atoms with E-state index in [-0.39, 0.29) is 17.9 Å². The lowest BCUT2D eigenvalue weighted by Crippen LogP contribution is -2.46. The van der Waals surface area contributed by atoms with Gasteiger partial charge >= 0.3 is 0 Å². The predicted octanol–water partition coefficient (Wildman–Crippen LogP) is -0.216. The molecule has 130 valence electrons. The summed E-state index contributed by atoms with van der Waals surface area (Å²) in [5.41, 5.74) is 0.577. The number of carbonyl (C=O) groups excluding carboxylic acids is 2. The van der Waals surface area contributed by atoms with Crippen LogP contribution in [0.25, 0.3) is 10.8 Å². The van der Waals surface area contributed by atoms with Crippen LogP contribution in [0.15, 0.2) is 29.2 Å². The third kappa shape index (κ3) is 2.78. The van der Waals surface area contributed by atoms with Crippen LogP contribution in [-0.4, -0.2) is 47.8 Å². The molecule has 3 heterocycles. The highest BCUT2D eigenvalue weighted by molar-refractivity contribution is 5.99. The summed E-state index contributed by atoms with van der Waals surface area (Å²) in [5, 5.41) is 11.1. The second-order valence-electron chi connectivity index (χ2n) is 6.34. The molecule has 8 nitrogen and oxygen atoms in total. The summed E-state index contributed by atoms with van der Waals surface area (Å²) in [5.74, 6) is -0.776. The number of benzene rings is 1. The molecule has 2 aliphatic rings. The van der Waals surface area contributed by atoms with Crippen LogP contribution in [0.1, 0.15) is 18.9 Å². The summed E-state index contributed by atoms with van der Waals surface area (Å²) in [6.45, 7) is 3.37. The lowest BCUT2D eigenvalue weighted by Gasteiger charge is -2.30. The normalized spacial score (nSPS) is 21.4. The molecule has 2 amide bonds. The fraction of sp³-hybridized carbons (Fsp3) is 0.412. The van der Waals surface area contributed by atoms with E-state index in [2.05, 4.69) is 20.6 Å². The summed E-state index contributed by atoms with van der Waals surface area (Å²) >= 11 is 0. The van der Waals surface area contributed by atoms with Crippen molar-refractivity contribution >= 4 is 28.3 Å². The lowest BCUT2D eigenvalue weighted by molar-refractivity contribution is -0.136. The monoisotopic (exact) mass is 341 g/mol. The number of piperazine rings is 1. The van der Waals surface area contributed by atoms with E-state index in [4.69, 9.17) is 0 Å². The minimum atomic E-state index is -0.745. The Balaban J connectivity index is 1.82. The molecule has 0 saturated carbocycles. The third-order valence-corrected chi connectivity index (χ3v) is 4.78. The van der Waals surface area contributed by atoms with Crippen molar-refractivity contribution in [2.75, 3.05) is 31.1 Å². The van der Waals surface area contributed by atoms with E-state index in [1.807, 2.05) is 18.2 Å². The van der Waals surface area contributed by atoms with Crippen LogP contribution in [0.3, 0.4) is 0 Å². The molecule has 4 rings (SSSR count). The molecule has 25 heavy (non-hydrogen) atoms. The molecule has 1 unspecified atom stereocenters. The van der Waals surface area contributed by atoms with E-state index in [1.54, 1.807) is 6.20 Å². The number of hydrogen-bond acceptors (Lipinski definition) is 6. The van der Waals surface area contributed by atoms with Crippen molar-refractivity contribution in [1.29, 1.82) is 0 Å². The van der Waals surface area contributed by atoms with Gasteiger partial charge in [-0.3, -0.25) is 19.7 Å². The second-order valence-corrected chi connectivity index (χ2v) is 6.34. The van der Waals surface area contributed by atoms with Crippen LogP contribution in [0.4, 0.5) is 5.69 Å². The van der Waals surface area contributed by atoms with Gasteiger partial charge in [-0.1, -0.05) is 12.1 Å². The summed E-state index contributed by atoms with van der Waals surface area (Å²) in [6, 6.07) is 4.95. The van der Waals surface area contributed by atoms with E-state index in [0.29, 0.717) is 11.8 Å². The average Bonchev–Trinajstić information content (AvgIpc) is 2.63. The van der Waals surface area contributed by atoms with Crippen LogP contribution in [0, 0.1) is 0 Å². The van der Waals surface area contributed by atoms with Gasteiger partial charge in [0.05, 0.1) is 17.3 Å². The molecule has 8 heteroatoms. The van der Waals surface area contributed by atoms with Crippen molar-refractivity contribution in [3.8, 4) is 0 Å². The minimum Gasteiger partial charge on any atom is -0.368 e. The first-order valence-electron chi connectivity index (χ1n) is 8.45. The Morgan fingerprint density at radius 1 is 1.12 bits per heavy atom. The Kier molecular flexibility index (Phi) is 3.96. The largest absolute Gasteiger partial charge is 0.368 e. The van der Waals surface area contributed by atoms with Crippen molar-refractivity contribution in [3.63, 3.8) is 0 Å². The van der Waals surface area contributed by atoms with Gasteiger partial charge < -0.3 is 10.2 Å².